The van der Waals surface area contributed by atoms with Crippen molar-refractivity contribution in [2.24, 2.45) is 0 Å². The van der Waals surface area contributed by atoms with E-state index in [0.29, 0.717) is 5.56 Å². The molecule has 4 heterocycles. The van der Waals surface area contributed by atoms with E-state index in [4.69, 9.17) is 14.2 Å². The highest BCUT2D eigenvalue weighted by Gasteiger charge is 2.48. The molecule has 2 aliphatic rings. The van der Waals surface area contributed by atoms with Gasteiger partial charge in [-0.1, -0.05) is 48.5 Å². The molecule has 5 aromatic rings. The number of H-pyrrole nitrogens is 1. The third kappa shape index (κ3) is 3.97. The van der Waals surface area contributed by atoms with Gasteiger partial charge in [-0.15, -0.1) is 11.3 Å². The third-order valence-corrected chi connectivity index (χ3v) is 7.79. The summed E-state index contributed by atoms with van der Waals surface area (Å²) in [5, 5.41) is 12.8. The lowest BCUT2D eigenvalue weighted by atomic mass is 9.98. The van der Waals surface area contributed by atoms with Crippen molar-refractivity contribution in [2.45, 2.75) is 24.4 Å². The van der Waals surface area contributed by atoms with Gasteiger partial charge in [-0.25, -0.2) is 13.8 Å². The molecule has 2 aliphatic heterocycles. The Morgan fingerprint density at radius 3 is 2.32 bits per heavy atom. The van der Waals surface area contributed by atoms with Crippen LogP contribution in [0.4, 0.5) is 8.78 Å². The van der Waals surface area contributed by atoms with E-state index in [2.05, 4.69) is 15.0 Å². The van der Waals surface area contributed by atoms with E-state index in [0.717, 1.165) is 21.7 Å². The van der Waals surface area contributed by atoms with Crippen LogP contribution < -0.4 is 4.74 Å². The second-order valence-electron chi connectivity index (χ2n) is 9.30. The minimum Gasteiger partial charge on any atom is -0.456 e. The van der Waals surface area contributed by atoms with Crippen LogP contribution in [0.2, 0.25) is 0 Å². The highest BCUT2D eigenvalue weighted by molar-refractivity contribution is 7.13. The number of aromatic amines is 1. The van der Waals surface area contributed by atoms with Crippen LogP contribution in [-0.4, -0.2) is 57.7 Å². The van der Waals surface area contributed by atoms with E-state index < -0.39 is 36.1 Å². The Bertz CT molecular complexity index is 1610. The number of nitrogens with zero attached hydrogens (tertiary/aromatic N) is 2. The monoisotopic (exact) mass is 533 g/mol. The average molecular weight is 534 g/mol. The summed E-state index contributed by atoms with van der Waals surface area (Å²) in [7, 11) is 0. The summed E-state index contributed by atoms with van der Waals surface area (Å²) in [6, 6.07) is 16.3. The fourth-order valence-electron chi connectivity index (χ4n) is 5.07. The van der Waals surface area contributed by atoms with Crippen molar-refractivity contribution in [3.05, 3.63) is 77.8 Å². The van der Waals surface area contributed by atoms with Crippen LogP contribution >= 0.6 is 11.3 Å². The zero-order valence-electron chi connectivity index (χ0n) is 19.8. The summed E-state index contributed by atoms with van der Waals surface area (Å²) in [6.45, 7) is 0.362. The van der Waals surface area contributed by atoms with Crippen LogP contribution in [0, 0.1) is 11.6 Å². The Hall–Kier alpha value is -3.70. The maximum Gasteiger partial charge on any atom is 0.295 e. The first-order valence-electron chi connectivity index (χ1n) is 12.1. The average Bonchev–Trinajstić information content (AvgIpc) is 3.73. The zero-order valence-corrected chi connectivity index (χ0v) is 20.6. The van der Waals surface area contributed by atoms with Crippen molar-refractivity contribution in [1.82, 2.24) is 15.0 Å². The molecule has 3 aromatic carbocycles. The van der Waals surface area contributed by atoms with Gasteiger partial charge in [0.15, 0.2) is 11.9 Å². The molecule has 7 rings (SSSR count). The number of hydrogen-bond donors (Lipinski definition) is 2. The van der Waals surface area contributed by atoms with Crippen molar-refractivity contribution in [3.8, 4) is 38.8 Å². The van der Waals surface area contributed by atoms with E-state index in [1.165, 1.54) is 6.07 Å². The lowest BCUT2D eigenvalue weighted by molar-refractivity contribution is 0.00706. The molecule has 0 amide bonds. The van der Waals surface area contributed by atoms with Crippen LogP contribution in [0.3, 0.4) is 0 Å². The molecule has 0 radical (unpaired) electrons. The van der Waals surface area contributed by atoms with Gasteiger partial charge >= 0.3 is 0 Å². The number of thiazole rings is 1. The molecule has 2 N–H and O–H groups in total. The van der Waals surface area contributed by atoms with Gasteiger partial charge in [-0.2, -0.15) is 4.98 Å². The number of aliphatic hydroxyl groups is 1. The molecule has 0 bridgehead atoms. The standard InChI is InChI=1S/C28H21F2N3O4S/c29-18-11-19-24(33-28(32-19)37-21-13-36-25-20(34)12-35-26(21)25)23(30)22(18)16-5-1-14(2-6-16)15-3-7-17(8-4-15)27-31-9-10-38-27/h1-11,20-21,25-26,34H,12-13H2,(H,32,33)/t20-,21-,25-,26-/m1/s1. The smallest absolute Gasteiger partial charge is 0.295 e. The van der Waals surface area contributed by atoms with Crippen molar-refractivity contribution in [1.29, 1.82) is 0 Å². The molecule has 0 saturated carbocycles. The van der Waals surface area contributed by atoms with E-state index in [9.17, 15) is 5.11 Å². The Morgan fingerprint density at radius 1 is 0.921 bits per heavy atom. The number of aliphatic hydroxyl groups excluding tert-OH is 1. The van der Waals surface area contributed by atoms with Crippen LogP contribution in [0.1, 0.15) is 0 Å². The number of rotatable bonds is 5. The molecular formula is C28H21F2N3O4S. The lowest BCUT2D eigenvalue weighted by Gasteiger charge is -2.15. The number of hydrogen-bond acceptors (Lipinski definition) is 7. The maximum absolute atomic E-state index is 15.5. The molecule has 0 aliphatic carbocycles. The van der Waals surface area contributed by atoms with Crippen molar-refractivity contribution in [2.75, 3.05) is 13.2 Å². The summed E-state index contributed by atoms with van der Waals surface area (Å²) in [5.41, 5.74) is 3.34. The van der Waals surface area contributed by atoms with Gasteiger partial charge in [-0.05, 0) is 16.7 Å². The normalized spacial score (nSPS) is 22.7. The Balaban J connectivity index is 1.14. The highest BCUT2D eigenvalue weighted by atomic mass is 32.1. The Morgan fingerprint density at radius 2 is 1.61 bits per heavy atom. The van der Waals surface area contributed by atoms with Crippen LogP contribution in [-0.2, 0) is 9.47 Å². The lowest BCUT2D eigenvalue weighted by Crippen LogP contribution is -2.34. The topological polar surface area (TPSA) is 89.5 Å². The SMILES string of the molecule is O[C@@H]1CO[C@H]2[C@@H]1OC[C@H]2Oc1nc2c(F)c(-c3ccc(-c4ccc(-c5nccs5)cc4)cc3)c(F)cc2[nH]1. The van der Waals surface area contributed by atoms with Gasteiger partial charge < -0.3 is 24.3 Å². The van der Waals surface area contributed by atoms with Crippen LogP contribution in [0.15, 0.2) is 66.2 Å². The molecule has 0 spiro atoms. The summed E-state index contributed by atoms with van der Waals surface area (Å²) in [5.74, 6) is -1.49. The van der Waals surface area contributed by atoms with Gasteiger partial charge in [0, 0.05) is 23.2 Å². The summed E-state index contributed by atoms with van der Waals surface area (Å²) >= 11 is 1.58. The van der Waals surface area contributed by atoms with Gasteiger partial charge in [0.05, 0.1) is 24.3 Å². The first-order chi connectivity index (χ1) is 18.5. The summed E-state index contributed by atoms with van der Waals surface area (Å²) in [4.78, 5) is 11.4. The van der Waals surface area contributed by atoms with Crippen LogP contribution in [0.25, 0.3) is 43.9 Å². The molecule has 2 fully saturated rings. The number of imidazole rings is 1. The molecule has 10 heteroatoms. The van der Waals surface area contributed by atoms with Gasteiger partial charge in [0.1, 0.15) is 34.7 Å². The first kappa shape index (κ1) is 23.4. The fraction of sp³-hybridized carbons (Fsp3) is 0.214. The molecule has 38 heavy (non-hydrogen) atoms. The Labute approximate surface area is 219 Å². The number of benzene rings is 3. The first-order valence-corrected chi connectivity index (χ1v) is 13.0. The largest absolute Gasteiger partial charge is 0.456 e. The second kappa shape index (κ2) is 9.25. The van der Waals surface area contributed by atoms with Gasteiger partial charge in [0.2, 0.25) is 0 Å². The molecule has 2 saturated heterocycles. The van der Waals surface area contributed by atoms with Crippen molar-refractivity contribution >= 4 is 22.4 Å². The minimum atomic E-state index is -0.778. The van der Waals surface area contributed by atoms with E-state index in [1.807, 2.05) is 41.8 Å². The van der Waals surface area contributed by atoms with Crippen LogP contribution in [0.5, 0.6) is 6.01 Å². The number of aromatic nitrogens is 3. The number of fused-ring (bicyclic) bond motifs is 2. The van der Waals surface area contributed by atoms with Crippen molar-refractivity contribution in [3.63, 3.8) is 0 Å². The van der Waals surface area contributed by atoms with E-state index in [-0.39, 0.29) is 35.8 Å². The molecule has 192 valence electrons. The molecular weight excluding hydrogens is 512 g/mol. The third-order valence-electron chi connectivity index (χ3n) is 6.96. The Kier molecular flexibility index (Phi) is 5.70. The van der Waals surface area contributed by atoms with Gasteiger partial charge in [0.25, 0.3) is 6.01 Å². The highest BCUT2D eigenvalue weighted by Crippen LogP contribution is 2.35. The maximum atomic E-state index is 15.5. The molecule has 0 unspecified atom stereocenters. The predicted molar refractivity (Wildman–Crippen MR) is 138 cm³/mol. The number of ether oxygens (including phenoxy) is 3. The zero-order chi connectivity index (χ0) is 25.8. The fourth-order valence-corrected chi connectivity index (χ4v) is 5.71. The number of halogens is 2. The molecule has 7 nitrogen and oxygen atoms in total. The quantitative estimate of drug-likeness (QED) is 0.323. The van der Waals surface area contributed by atoms with Crippen molar-refractivity contribution < 1.29 is 28.1 Å². The second-order valence-corrected chi connectivity index (χ2v) is 10.2. The van der Waals surface area contributed by atoms with E-state index >= 15 is 8.78 Å². The summed E-state index contributed by atoms with van der Waals surface area (Å²) in [6.07, 6.45) is -0.378. The number of nitrogens with one attached hydrogen (secondary N) is 1. The van der Waals surface area contributed by atoms with E-state index in [1.54, 1.807) is 29.7 Å². The summed E-state index contributed by atoms with van der Waals surface area (Å²) < 4.78 is 47.6. The van der Waals surface area contributed by atoms with Gasteiger partial charge in [-0.3, -0.25) is 0 Å². The minimum absolute atomic E-state index is 0.0268. The molecule has 4 atom stereocenters. The predicted octanol–water partition coefficient (Wildman–Crippen LogP) is 5.20. The molecule has 2 aromatic heterocycles.